The zero-order valence-corrected chi connectivity index (χ0v) is 16.2. The lowest BCUT2D eigenvalue weighted by Crippen LogP contribution is -2.36. The summed E-state index contributed by atoms with van der Waals surface area (Å²) >= 11 is 1.53. The van der Waals surface area contributed by atoms with E-state index in [9.17, 15) is 13.2 Å². The summed E-state index contributed by atoms with van der Waals surface area (Å²) < 4.78 is 38.9. The molecule has 1 fully saturated rings. The third-order valence-electron chi connectivity index (χ3n) is 4.57. The molecule has 4 rings (SSSR count). The number of sulfonamides is 1. The van der Waals surface area contributed by atoms with E-state index in [4.69, 9.17) is 9.15 Å². The minimum Gasteiger partial charge on any atom is -0.423 e. The van der Waals surface area contributed by atoms with Crippen molar-refractivity contribution in [1.82, 2.24) is 4.31 Å². The fraction of sp³-hybridized carbons (Fsp3) is 0.316. The van der Waals surface area contributed by atoms with E-state index in [2.05, 4.69) is 0 Å². The average molecular weight is 405 g/mol. The highest BCUT2D eigenvalue weighted by molar-refractivity contribution is 7.89. The number of hydrogen-bond acceptors (Lipinski definition) is 6. The van der Waals surface area contributed by atoms with Gasteiger partial charge in [-0.3, -0.25) is 0 Å². The maximum Gasteiger partial charge on any atom is 0.336 e. The van der Waals surface area contributed by atoms with Crippen LogP contribution in [0.5, 0.6) is 0 Å². The number of ether oxygens (including phenoxy) is 1. The molecule has 1 aliphatic rings. The van der Waals surface area contributed by atoms with Crippen LogP contribution in [0.4, 0.5) is 0 Å². The van der Waals surface area contributed by atoms with Crippen LogP contribution >= 0.6 is 11.3 Å². The van der Waals surface area contributed by atoms with Crippen LogP contribution in [0.3, 0.4) is 0 Å². The monoisotopic (exact) mass is 405 g/mol. The third-order valence-corrected chi connectivity index (χ3v) is 7.24. The number of rotatable bonds is 6. The number of fused-ring (bicyclic) bond motifs is 1. The molecule has 0 unspecified atom stereocenters. The van der Waals surface area contributed by atoms with E-state index in [-0.39, 0.29) is 11.0 Å². The molecule has 142 valence electrons. The zero-order chi connectivity index (χ0) is 18.9. The molecular weight excluding hydrogens is 386 g/mol. The van der Waals surface area contributed by atoms with Crippen LogP contribution in [0.25, 0.3) is 11.0 Å². The minimum absolute atomic E-state index is 0.0850. The molecule has 1 atom stereocenters. The first-order chi connectivity index (χ1) is 13.0. The first-order valence-electron chi connectivity index (χ1n) is 8.70. The number of nitrogens with zero attached hydrogens (tertiary/aromatic N) is 1. The van der Waals surface area contributed by atoms with Gasteiger partial charge < -0.3 is 9.15 Å². The topological polar surface area (TPSA) is 76.8 Å². The number of hydrogen-bond donors (Lipinski definition) is 0. The van der Waals surface area contributed by atoms with Gasteiger partial charge in [0.1, 0.15) is 5.58 Å². The molecule has 3 heterocycles. The van der Waals surface area contributed by atoms with Gasteiger partial charge in [0.2, 0.25) is 10.0 Å². The predicted octanol–water partition coefficient (Wildman–Crippen LogP) is 3.22. The minimum atomic E-state index is -3.73. The van der Waals surface area contributed by atoms with Crippen LogP contribution in [0, 0.1) is 0 Å². The Balaban J connectivity index is 1.69. The molecule has 1 saturated heterocycles. The lowest BCUT2D eigenvalue weighted by Gasteiger charge is -2.24. The third kappa shape index (κ3) is 3.98. The first kappa shape index (κ1) is 18.4. The van der Waals surface area contributed by atoms with Crippen molar-refractivity contribution < 1.29 is 17.6 Å². The van der Waals surface area contributed by atoms with Crippen LogP contribution in [0.1, 0.15) is 17.7 Å². The molecule has 0 N–H and O–H groups in total. The molecule has 3 aromatic rings. The van der Waals surface area contributed by atoms with E-state index in [1.54, 1.807) is 12.1 Å². The Morgan fingerprint density at radius 3 is 2.81 bits per heavy atom. The molecule has 0 bridgehead atoms. The van der Waals surface area contributed by atoms with Crippen LogP contribution in [0.15, 0.2) is 62.0 Å². The summed E-state index contributed by atoms with van der Waals surface area (Å²) in [5.74, 6) is 0. The standard InChI is InChI=1S/C19H19NO5S2/c21-19-8-5-14-11-17(6-7-18(14)25-19)27(22,23)20(12-15-3-1-9-24-15)13-16-4-2-10-26-16/h2,4-8,10-11,15H,1,3,9,12-13H2/t15-/m1/s1. The molecule has 1 aliphatic heterocycles. The van der Waals surface area contributed by atoms with Crippen LogP contribution < -0.4 is 5.63 Å². The molecule has 6 nitrogen and oxygen atoms in total. The predicted molar refractivity (Wildman–Crippen MR) is 103 cm³/mol. The van der Waals surface area contributed by atoms with Crippen molar-refractivity contribution in [1.29, 1.82) is 0 Å². The lowest BCUT2D eigenvalue weighted by molar-refractivity contribution is 0.0927. The van der Waals surface area contributed by atoms with E-state index < -0.39 is 15.6 Å². The molecule has 1 aromatic carbocycles. The van der Waals surface area contributed by atoms with Crippen molar-refractivity contribution in [2.24, 2.45) is 0 Å². The zero-order valence-electron chi connectivity index (χ0n) is 14.5. The Bertz CT molecular complexity index is 1080. The summed E-state index contributed by atoms with van der Waals surface area (Å²) in [5.41, 5.74) is -0.0961. The molecule has 2 aromatic heterocycles. The second-order valence-corrected chi connectivity index (χ2v) is 9.44. The second-order valence-electron chi connectivity index (χ2n) is 6.47. The van der Waals surface area contributed by atoms with Crippen LogP contribution in [-0.4, -0.2) is 32.0 Å². The van der Waals surface area contributed by atoms with Crippen molar-refractivity contribution in [2.75, 3.05) is 13.2 Å². The van der Waals surface area contributed by atoms with Crippen molar-refractivity contribution in [3.63, 3.8) is 0 Å². The molecular formula is C19H19NO5S2. The van der Waals surface area contributed by atoms with Crippen LogP contribution in [0.2, 0.25) is 0 Å². The molecule has 0 spiro atoms. The maximum atomic E-state index is 13.3. The van der Waals surface area contributed by atoms with Gasteiger partial charge in [0.05, 0.1) is 11.0 Å². The summed E-state index contributed by atoms with van der Waals surface area (Å²) in [7, 11) is -3.73. The van der Waals surface area contributed by atoms with Crippen molar-refractivity contribution in [2.45, 2.75) is 30.4 Å². The van der Waals surface area contributed by atoms with E-state index >= 15 is 0 Å². The summed E-state index contributed by atoms with van der Waals surface area (Å²) in [6.45, 7) is 1.30. The van der Waals surface area contributed by atoms with Gasteiger partial charge in [-0.25, -0.2) is 13.2 Å². The van der Waals surface area contributed by atoms with Gasteiger partial charge in [0.15, 0.2) is 0 Å². The van der Waals surface area contributed by atoms with Gasteiger partial charge in [-0.2, -0.15) is 4.31 Å². The van der Waals surface area contributed by atoms with Crippen molar-refractivity contribution >= 4 is 32.3 Å². The van der Waals surface area contributed by atoms with Gasteiger partial charge in [0, 0.05) is 36.0 Å². The Labute approximate surface area is 161 Å². The van der Waals surface area contributed by atoms with E-state index in [1.807, 2.05) is 17.5 Å². The van der Waals surface area contributed by atoms with Gasteiger partial charge in [-0.15, -0.1) is 11.3 Å². The molecule has 0 radical (unpaired) electrons. The van der Waals surface area contributed by atoms with E-state index in [1.165, 1.54) is 33.8 Å². The normalized spacial score (nSPS) is 17.7. The Morgan fingerprint density at radius 1 is 1.19 bits per heavy atom. The lowest BCUT2D eigenvalue weighted by atomic mass is 10.2. The van der Waals surface area contributed by atoms with Gasteiger partial charge in [-0.1, -0.05) is 6.07 Å². The molecule has 0 aliphatic carbocycles. The first-order valence-corrected chi connectivity index (χ1v) is 11.0. The number of thiophene rings is 1. The number of benzene rings is 1. The highest BCUT2D eigenvalue weighted by atomic mass is 32.2. The average Bonchev–Trinajstić information content (AvgIpc) is 3.34. The highest BCUT2D eigenvalue weighted by Crippen LogP contribution is 2.25. The highest BCUT2D eigenvalue weighted by Gasteiger charge is 2.29. The van der Waals surface area contributed by atoms with Crippen LogP contribution in [-0.2, 0) is 21.3 Å². The smallest absolute Gasteiger partial charge is 0.336 e. The Morgan fingerprint density at radius 2 is 2.07 bits per heavy atom. The summed E-state index contributed by atoms with van der Waals surface area (Å²) in [5, 5.41) is 2.51. The van der Waals surface area contributed by atoms with E-state index in [0.717, 1.165) is 17.7 Å². The van der Waals surface area contributed by atoms with Gasteiger partial charge in [-0.05, 0) is 48.6 Å². The quantitative estimate of drug-likeness (QED) is 0.589. The fourth-order valence-electron chi connectivity index (χ4n) is 3.20. The molecule has 27 heavy (non-hydrogen) atoms. The van der Waals surface area contributed by atoms with Crippen molar-refractivity contribution in [3.05, 3.63) is 63.1 Å². The fourth-order valence-corrected chi connectivity index (χ4v) is 5.49. The van der Waals surface area contributed by atoms with E-state index in [0.29, 0.717) is 30.7 Å². The molecule has 0 amide bonds. The Kier molecular flexibility index (Phi) is 5.14. The van der Waals surface area contributed by atoms with Crippen molar-refractivity contribution in [3.8, 4) is 0 Å². The van der Waals surface area contributed by atoms with Gasteiger partial charge in [0.25, 0.3) is 0 Å². The Hall–Kier alpha value is -2.00. The summed E-state index contributed by atoms with van der Waals surface area (Å²) in [6, 6.07) is 11.3. The SMILES string of the molecule is O=c1ccc2cc(S(=O)(=O)N(Cc3cccs3)C[C@H]3CCCO3)ccc2o1. The summed E-state index contributed by atoms with van der Waals surface area (Å²) in [6.07, 6.45) is 1.73. The summed E-state index contributed by atoms with van der Waals surface area (Å²) in [4.78, 5) is 12.5. The maximum absolute atomic E-state index is 13.3. The second kappa shape index (κ2) is 7.55. The largest absolute Gasteiger partial charge is 0.423 e. The molecule has 8 heteroatoms. The molecule has 0 saturated carbocycles. The van der Waals surface area contributed by atoms with Gasteiger partial charge >= 0.3 is 5.63 Å².